The molecule has 35 nitrogen and oxygen atoms in total. The Morgan fingerprint density at radius 1 is 0.375 bits per heavy atom. The van der Waals surface area contributed by atoms with Crippen molar-refractivity contribution in [2.75, 3.05) is 54.6 Å². The first-order valence-corrected chi connectivity index (χ1v) is 32.3. The molecule has 8 saturated heterocycles. The Bertz CT molecular complexity index is 2770. The Hall–Kier alpha value is -5.61. The van der Waals surface area contributed by atoms with Crippen LogP contribution in [0.15, 0.2) is 0 Å². The van der Waals surface area contributed by atoms with Gasteiger partial charge >= 0.3 is 12.1 Å². The summed E-state index contributed by atoms with van der Waals surface area (Å²) in [6.07, 6.45) is -17.2. The SMILES string of the molecule is CO[C@@H]1[C@H]2OC(C)(C)O[C@H]2O[C@@H]1C(CC(=O)NCCC(=O)O)NC(=O)CCNC(=O)CC(NC(=O)CCNC(=O)CC(NC(=O)CCNC(=O)CC(NC(=O)OC(C)(C)C)[C@H]1O[C@@H]2OC(C)(C)O[C@@H]2[C@H]1OC)[C@H]1O[C@@H]2OC(C)(C)O[C@@H]2[C@H]1OC)[C@H]1O[C@@H]2OC(C)(C)O[C@@H]2[C@H]1OC. The van der Waals surface area contributed by atoms with Crippen LogP contribution >= 0.6 is 0 Å². The van der Waals surface area contributed by atoms with Crippen LogP contribution in [0.4, 0.5) is 4.79 Å². The number of amides is 8. The van der Waals surface area contributed by atoms with Crippen LogP contribution in [0.2, 0.25) is 0 Å². The van der Waals surface area contributed by atoms with Gasteiger partial charge in [0.05, 0.1) is 30.6 Å². The van der Waals surface area contributed by atoms with Crippen molar-refractivity contribution in [1.82, 2.24) is 42.5 Å². The number of hydrogen-bond donors (Lipinski definition) is 9. The molecule has 544 valence electrons. The third kappa shape index (κ3) is 20.1. The van der Waals surface area contributed by atoms with E-state index in [4.69, 9.17) is 85.6 Å². The van der Waals surface area contributed by atoms with Gasteiger partial charge in [-0.1, -0.05) is 0 Å². The summed E-state index contributed by atoms with van der Waals surface area (Å²) in [5.74, 6) is -9.39. The molecule has 8 amide bonds. The normalized spacial score (nSPS) is 32.9. The van der Waals surface area contributed by atoms with E-state index in [0.29, 0.717) is 0 Å². The number of carbonyl (C=O) groups excluding carboxylic acids is 8. The van der Waals surface area contributed by atoms with E-state index in [0.717, 1.165) is 0 Å². The van der Waals surface area contributed by atoms with Crippen molar-refractivity contribution < 1.29 is 129 Å². The molecule has 4 unspecified atom stereocenters. The van der Waals surface area contributed by atoms with Crippen LogP contribution in [-0.2, 0) is 119 Å². The highest BCUT2D eigenvalue weighted by Crippen LogP contribution is 2.44. The van der Waals surface area contributed by atoms with Crippen molar-refractivity contribution in [1.29, 1.82) is 0 Å². The molecular formula is C61H98N8O27. The minimum Gasteiger partial charge on any atom is -0.481 e. The zero-order valence-corrected chi connectivity index (χ0v) is 57.1. The number of hydrogen-bond acceptors (Lipinski definition) is 26. The van der Waals surface area contributed by atoms with Crippen LogP contribution in [0.25, 0.3) is 0 Å². The number of nitrogens with one attached hydrogen (secondary N) is 8. The Labute approximate surface area is 556 Å². The van der Waals surface area contributed by atoms with Gasteiger partial charge in [-0.15, -0.1) is 0 Å². The first-order valence-electron chi connectivity index (χ1n) is 32.3. The third-order valence-corrected chi connectivity index (χ3v) is 16.8. The molecular weight excluding hydrogens is 1280 g/mol. The maximum absolute atomic E-state index is 13.9. The van der Waals surface area contributed by atoms with Gasteiger partial charge in [0.2, 0.25) is 41.4 Å². The zero-order valence-electron chi connectivity index (χ0n) is 57.1. The number of carboxylic acid groups (broad SMARTS) is 1. The van der Waals surface area contributed by atoms with Gasteiger partial charge in [0.15, 0.2) is 48.3 Å². The molecule has 0 aromatic heterocycles. The van der Waals surface area contributed by atoms with Gasteiger partial charge < -0.3 is 128 Å². The summed E-state index contributed by atoms with van der Waals surface area (Å²) in [6, 6.07) is -4.22. The highest BCUT2D eigenvalue weighted by molar-refractivity contribution is 5.84. The van der Waals surface area contributed by atoms with Crippen LogP contribution in [0.1, 0.15) is 128 Å². The maximum Gasteiger partial charge on any atom is 0.407 e. The molecule has 9 N–H and O–H groups in total. The van der Waals surface area contributed by atoms with Crippen LogP contribution in [0.3, 0.4) is 0 Å². The largest absolute Gasteiger partial charge is 0.481 e. The fraction of sp³-hybridized carbons (Fsp3) is 0.852. The van der Waals surface area contributed by atoms with E-state index < -0.39 is 218 Å². The molecule has 0 radical (unpaired) electrons. The molecule has 0 aliphatic carbocycles. The highest BCUT2D eigenvalue weighted by atomic mass is 16.9. The summed E-state index contributed by atoms with van der Waals surface area (Å²) in [6.45, 7) is 17.9. The summed E-state index contributed by atoms with van der Waals surface area (Å²) < 4.78 is 101. The van der Waals surface area contributed by atoms with E-state index in [-0.39, 0.29) is 64.7 Å². The second kappa shape index (κ2) is 31.7. The number of methoxy groups -OCH3 is 4. The van der Waals surface area contributed by atoms with E-state index in [9.17, 15) is 43.2 Å². The van der Waals surface area contributed by atoms with Crippen LogP contribution in [-0.4, -0.2) is 264 Å². The quantitative estimate of drug-likeness (QED) is 0.0373. The molecule has 8 aliphatic heterocycles. The van der Waals surface area contributed by atoms with Crippen molar-refractivity contribution in [3.8, 4) is 0 Å². The molecule has 0 aromatic rings. The topological polar surface area (TPSA) is 427 Å². The summed E-state index contributed by atoms with van der Waals surface area (Å²) in [5.41, 5.74) is -0.874. The fourth-order valence-corrected chi connectivity index (χ4v) is 13.0. The molecule has 96 heavy (non-hydrogen) atoms. The fourth-order valence-electron chi connectivity index (χ4n) is 13.0. The van der Waals surface area contributed by atoms with Gasteiger partial charge in [-0.3, -0.25) is 38.4 Å². The first-order chi connectivity index (χ1) is 45.0. The van der Waals surface area contributed by atoms with Crippen LogP contribution in [0.5, 0.6) is 0 Å². The van der Waals surface area contributed by atoms with Crippen molar-refractivity contribution in [3.05, 3.63) is 0 Å². The van der Waals surface area contributed by atoms with Crippen molar-refractivity contribution >= 4 is 53.4 Å². The maximum atomic E-state index is 13.9. The average Bonchev–Trinajstić information content (AvgIpc) is 1.64. The Kier molecular flexibility index (Phi) is 25.2. The molecule has 8 aliphatic rings. The van der Waals surface area contributed by atoms with Crippen LogP contribution < -0.4 is 42.5 Å². The number of alkyl carbamates (subject to hydrolysis) is 1. The molecule has 8 fully saturated rings. The predicted molar refractivity (Wildman–Crippen MR) is 324 cm³/mol. The zero-order chi connectivity index (χ0) is 70.4. The van der Waals surface area contributed by atoms with E-state index in [1.165, 1.54) is 28.4 Å². The van der Waals surface area contributed by atoms with Crippen molar-refractivity contribution in [2.45, 2.75) is 279 Å². The molecule has 8 rings (SSSR count). The lowest BCUT2D eigenvalue weighted by Gasteiger charge is -2.31. The van der Waals surface area contributed by atoms with E-state index in [1.807, 2.05) is 0 Å². The summed E-state index contributed by atoms with van der Waals surface area (Å²) in [7, 11) is 5.70. The van der Waals surface area contributed by atoms with Gasteiger partial charge in [-0.05, 0) is 76.2 Å². The summed E-state index contributed by atoms with van der Waals surface area (Å²) in [5, 5.41) is 31.0. The van der Waals surface area contributed by atoms with Crippen molar-refractivity contribution in [2.24, 2.45) is 0 Å². The Morgan fingerprint density at radius 2 is 0.615 bits per heavy atom. The molecule has 0 spiro atoms. The molecule has 0 aromatic carbocycles. The van der Waals surface area contributed by atoms with Gasteiger partial charge in [0.1, 0.15) is 78.8 Å². The van der Waals surface area contributed by atoms with E-state index in [2.05, 4.69) is 42.5 Å². The van der Waals surface area contributed by atoms with E-state index in [1.54, 1.807) is 76.2 Å². The smallest absolute Gasteiger partial charge is 0.407 e. The number of rotatable bonds is 32. The second-order valence-corrected chi connectivity index (χ2v) is 27.5. The number of carbonyl (C=O) groups is 9. The van der Waals surface area contributed by atoms with Gasteiger partial charge in [0.25, 0.3) is 0 Å². The molecule has 20 atom stereocenters. The minimum absolute atomic E-state index is 0.163. The summed E-state index contributed by atoms with van der Waals surface area (Å²) >= 11 is 0. The van der Waals surface area contributed by atoms with Gasteiger partial charge in [-0.25, -0.2) is 4.79 Å². The Balaban J connectivity index is 0.866. The van der Waals surface area contributed by atoms with Crippen LogP contribution in [0, 0.1) is 0 Å². The number of fused-ring (bicyclic) bond motifs is 4. The lowest BCUT2D eigenvalue weighted by molar-refractivity contribution is -0.220. The lowest BCUT2D eigenvalue weighted by atomic mass is 9.99. The third-order valence-electron chi connectivity index (χ3n) is 16.8. The van der Waals surface area contributed by atoms with Crippen molar-refractivity contribution in [3.63, 3.8) is 0 Å². The van der Waals surface area contributed by atoms with E-state index >= 15 is 0 Å². The number of aliphatic carboxylic acids is 1. The molecule has 35 heteroatoms. The second-order valence-electron chi connectivity index (χ2n) is 27.5. The van der Waals surface area contributed by atoms with Gasteiger partial charge in [0, 0.05) is 99.6 Å². The predicted octanol–water partition coefficient (Wildman–Crippen LogP) is -1.43. The standard InChI is InChI=1S/C61H98N8O27/c1-57(2,3)96-56(79)69-31(43-47(83-15)51-55(87-43)95-61(10,11)91-51)27-38(76)64-22-18-34(72)67-29(41-45(81-13)49-53(85-41)93-59(6,7)89-49)25-36(74)62-20-16-32(70)66-28(40-44(80-12)48-52(84-40)92-58(4,5)88-48)24-35(73)63-21-17-33(71)68-30(26-37(75)65-23-19-39(77)78)42-46(82-14)50-54(86-42)94-60(8,9)90-50/h28-31,40-55H,16-27H2,1-15H3,(H,62,74)(H,63,73)(H,64,76)(H,65,75)(H,66,70)(H,67,72)(H,68,71)(H,69,79)(H,77,78)/t28?,29?,30?,31?,40-,41-,42-,43-,44+,45+,46+,47+,48-,49-,50-,51-,52-,53-,54-,55-/m1/s1. The average molecular weight is 1380 g/mol. The summed E-state index contributed by atoms with van der Waals surface area (Å²) in [4.78, 5) is 120. The first kappa shape index (κ1) is 76.1. The lowest BCUT2D eigenvalue weighted by Crippen LogP contribution is -2.53. The molecule has 0 saturated carbocycles. The minimum atomic E-state index is -1.12. The highest BCUT2D eigenvalue weighted by Gasteiger charge is 2.61. The number of carboxylic acids is 1. The van der Waals surface area contributed by atoms with Gasteiger partial charge in [-0.2, -0.15) is 0 Å². The molecule has 8 heterocycles. The monoisotopic (exact) mass is 1370 g/mol. The Morgan fingerprint density at radius 3 is 0.844 bits per heavy atom. The molecule has 0 bridgehead atoms. The number of ether oxygens (including phenoxy) is 17.